The molecule has 10 heteroatoms. The first-order valence-electron chi connectivity index (χ1n) is 9.78. The van der Waals surface area contributed by atoms with E-state index in [0.29, 0.717) is 6.42 Å². The van der Waals surface area contributed by atoms with E-state index in [0.717, 1.165) is 28.2 Å². The van der Waals surface area contributed by atoms with Gasteiger partial charge in [0.15, 0.2) is 0 Å². The fraction of sp³-hybridized carbons (Fsp3) is 0.130. The number of fused-ring (bicyclic) bond motifs is 2. The quantitative estimate of drug-likeness (QED) is 0.238. The maximum absolute atomic E-state index is 13.8. The van der Waals surface area contributed by atoms with Crippen LogP contribution in [0.15, 0.2) is 48.5 Å². The van der Waals surface area contributed by atoms with Gasteiger partial charge in [-0.05, 0) is 35.4 Å². The summed E-state index contributed by atoms with van der Waals surface area (Å²) in [6.07, 6.45) is 0.374. The van der Waals surface area contributed by atoms with E-state index in [4.69, 9.17) is 4.74 Å². The van der Waals surface area contributed by atoms with Crippen LogP contribution in [0.5, 0.6) is 11.5 Å². The lowest BCUT2D eigenvalue weighted by atomic mass is 9.95. The minimum atomic E-state index is -2.29. The molecule has 0 aromatic heterocycles. The lowest BCUT2D eigenvalue weighted by molar-refractivity contribution is -0.120. The molecule has 1 atom stereocenters. The summed E-state index contributed by atoms with van der Waals surface area (Å²) in [5.74, 6) is -12.9. The van der Waals surface area contributed by atoms with Gasteiger partial charge < -0.3 is 9.64 Å². The Morgan fingerprint density at radius 1 is 0.758 bits per heavy atom. The third-order valence-electron chi connectivity index (χ3n) is 5.68. The number of nitrogens with zero attached hydrogens (tertiary/aromatic N) is 2. The summed E-state index contributed by atoms with van der Waals surface area (Å²) in [6, 6.07) is 11.2. The van der Waals surface area contributed by atoms with Gasteiger partial charge in [-0.1, -0.05) is 24.3 Å². The predicted molar refractivity (Wildman–Crippen MR) is 105 cm³/mol. The van der Waals surface area contributed by atoms with Gasteiger partial charge in [0.1, 0.15) is 11.8 Å². The number of halogens is 5. The van der Waals surface area contributed by atoms with Gasteiger partial charge in [0.2, 0.25) is 34.8 Å². The Morgan fingerprint density at radius 3 is 1.97 bits per heavy atom. The van der Waals surface area contributed by atoms with Crippen LogP contribution in [0.25, 0.3) is 0 Å². The first-order chi connectivity index (χ1) is 15.8. The van der Waals surface area contributed by atoms with Gasteiger partial charge in [-0.3, -0.25) is 4.79 Å². The van der Waals surface area contributed by atoms with Gasteiger partial charge in [0, 0.05) is 13.0 Å². The molecule has 2 aliphatic heterocycles. The van der Waals surface area contributed by atoms with E-state index >= 15 is 0 Å². The number of carbonyl (C=O) groups is 2. The van der Waals surface area contributed by atoms with Crippen LogP contribution in [-0.2, 0) is 17.8 Å². The number of ether oxygens (including phenoxy) is 1. The van der Waals surface area contributed by atoms with E-state index in [2.05, 4.69) is 0 Å². The minimum Gasteiger partial charge on any atom is -0.451 e. The Balaban J connectivity index is 1.40. The van der Waals surface area contributed by atoms with Crippen molar-refractivity contribution in [1.29, 1.82) is 0 Å². The molecule has 3 aromatic rings. The summed E-state index contributed by atoms with van der Waals surface area (Å²) in [6.45, 7) is 0.281. The van der Waals surface area contributed by atoms with Gasteiger partial charge >= 0.3 is 6.03 Å². The smallest absolute Gasteiger partial charge is 0.332 e. The zero-order valence-electron chi connectivity index (χ0n) is 16.6. The Bertz CT molecular complexity index is 1240. The zero-order valence-corrected chi connectivity index (χ0v) is 16.6. The number of amides is 3. The largest absolute Gasteiger partial charge is 0.451 e. The molecule has 33 heavy (non-hydrogen) atoms. The molecule has 168 valence electrons. The number of benzene rings is 3. The van der Waals surface area contributed by atoms with E-state index in [1.807, 2.05) is 24.3 Å². The van der Waals surface area contributed by atoms with Crippen LogP contribution in [0.1, 0.15) is 11.1 Å². The molecule has 1 fully saturated rings. The SMILES string of the molecule is O=C1[C@@H]2Cc3ccccc3CN2C(=O)N1c1ccc(Oc2c(F)c(F)c(F)c(F)c2F)cc1. The molecule has 5 nitrogen and oxygen atoms in total. The second kappa shape index (κ2) is 7.58. The Hall–Kier alpha value is -3.95. The van der Waals surface area contributed by atoms with E-state index in [9.17, 15) is 31.5 Å². The number of hydrogen-bond donors (Lipinski definition) is 0. The number of imide groups is 1. The maximum atomic E-state index is 13.8. The summed E-state index contributed by atoms with van der Waals surface area (Å²) in [5, 5.41) is 0. The van der Waals surface area contributed by atoms with Gasteiger partial charge in [-0.15, -0.1) is 0 Å². The Morgan fingerprint density at radius 2 is 1.33 bits per heavy atom. The van der Waals surface area contributed by atoms with Crippen molar-refractivity contribution in [3.63, 3.8) is 0 Å². The molecule has 0 N–H and O–H groups in total. The summed E-state index contributed by atoms with van der Waals surface area (Å²) in [5.41, 5.74) is 2.10. The molecular weight excluding hydrogens is 447 g/mol. The Labute approximate surface area is 183 Å². The van der Waals surface area contributed by atoms with Gasteiger partial charge in [-0.25, -0.2) is 22.9 Å². The van der Waals surface area contributed by atoms with Crippen LogP contribution in [0, 0.1) is 29.1 Å². The molecule has 5 rings (SSSR count). The first kappa shape index (κ1) is 20.9. The van der Waals surface area contributed by atoms with Crippen molar-refractivity contribution in [3.05, 3.63) is 88.7 Å². The fourth-order valence-corrected chi connectivity index (χ4v) is 4.01. The number of rotatable bonds is 3. The topological polar surface area (TPSA) is 49.9 Å². The van der Waals surface area contributed by atoms with Crippen LogP contribution in [0.2, 0.25) is 0 Å². The minimum absolute atomic E-state index is 0.174. The highest BCUT2D eigenvalue weighted by atomic mass is 19.2. The van der Waals surface area contributed by atoms with Gasteiger partial charge in [0.05, 0.1) is 5.69 Å². The monoisotopic (exact) mass is 460 g/mol. The van der Waals surface area contributed by atoms with E-state index in [-0.39, 0.29) is 18.0 Å². The van der Waals surface area contributed by atoms with Gasteiger partial charge in [0.25, 0.3) is 5.91 Å². The summed E-state index contributed by atoms with van der Waals surface area (Å²) in [7, 11) is 0. The van der Waals surface area contributed by atoms with Crippen molar-refractivity contribution in [2.45, 2.75) is 19.0 Å². The molecule has 3 amide bonds. The molecule has 0 radical (unpaired) electrons. The zero-order chi connectivity index (χ0) is 23.4. The van der Waals surface area contributed by atoms with Crippen LogP contribution in [0.3, 0.4) is 0 Å². The number of anilines is 1. The fourth-order valence-electron chi connectivity index (χ4n) is 4.01. The number of hydrogen-bond acceptors (Lipinski definition) is 3. The molecule has 2 aliphatic rings. The maximum Gasteiger partial charge on any atom is 0.332 e. The van der Waals surface area contributed by atoms with E-state index in [1.54, 1.807) is 0 Å². The third kappa shape index (κ3) is 3.21. The predicted octanol–water partition coefficient (Wildman–Crippen LogP) is 5.07. The normalized spacial score (nSPS) is 17.3. The molecular formula is C23H13F5N2O3. The average molecular weight is 460 g/mol. The third-order valence-corrected chi connectivity index (χ3v) is 5.68. The highest BCUT2D eigenvalue weighted by Gasteiger charge is 2.47. The van der Waals surface area contributed by atoms with Gasteiger partial charge in [-0.2, -0.15) is 8.78 Å². The van der Waals surface area contributed by atoms with E-state index in [1.165, 1.54) is 17.0 Å². The molecule has 0 unspecified atom stereocenters. The van der Waals surface area contributed by atoms with Crippen molar-refractivity contribution in [2.75, 3.05) is 4.90 Å². The molecule has 3 aromatic carbocycles. The first-order valence-corrected chi connectivity index (χ1v) is 9.78. The lowest BCUT2D eigenvalue weighted by Crippen LogP contribution is -2.39. The molecule has 0 bridgehead atoms. The standard InChI is InChI=1S/C23H13F5N2O3/c24-16-17(25)19(27)21(20(28)18(16)26)33-14-7-5-13(6-8-14)30-22(31)15-9-11-3-1-2-4-12(11)10-29(15)23(30)32/h1-8,15H,9-10H2/t15-/m0/s1. The number of urea groups is 1. The van der Waals surface area contributed by atoms with Crippen LogP contribution < -0.4 is 9.64 Å². The van der Waals surface area contributed by atoms with Crippen LogP contribution in [-0.4, -0.2) is 22.9 Å². The Kier molecular flexibility index (Phi) is 4.80. The molecule has 2 heterocycles. The number of carbonyl (C=O) groups excluding carboxylic acids is 2. The molecule has 0 aliphatic carbocycles. The summed E-state index contributed by atoms with van der Waals surface area (Å²) < 4.78 is 72.5. The van der Waals surface area contributed by atoms with Crippen molar-refractivity contribution in [1.82, 2.24) is 4.90 Å². The van der Waals surface area contributed by atoms with Crippen molar-refractivity contribution < 1.29 is 36.3 Å². The molecule has 0 saturated carbocycles. The lowest BCUT2D eigenvalue weighted by Gasteiger charge is -2.28. The van der Waals surface area contributed by atoms with E-state index < -0.39 is 52.8 Å². The van der Waals surface area contributed by atoms with Crippen molar-refractivity contribution in [2.24, 2.45) is 0 Å². The van der Waals surface area contributed by atoms with Crippen LogP contribution in [0.4, 0.5) is 32.4 Å². The highest BCUT2D eigenvalue weighted by molar-refractivity contribution is 6.21. The van der Waals surface area contributed by atoms with Crippen molar-refractivity contribution in [3.8, 4) is 11.5 Å². The summed E-state index contributed by atoms with van der Waals surface area (Å²) in [4.78, 5) is 28.3. The second-order valence-electron chi connectivity index (χ2n) is 7.57. The summed E-state index contributed by atoms with van der Waals surface area (Å²) >= 11 is 0. The second-order valence-corrected chi connectivity index (χ2v) is 7.57. The average Bonchev–Trinajstić information content (AvgIpc) is 3.07. The molecule has 1 saturated heterocycles. The van der Waals surface area contributed by atoms with Crippen molar-refractivity contribution >= 4 is 17.6 Å². The highest BCUT2D eigenvalue weighted by Crippen LogP contribution is 2.36. The molecule has 0 spiro atoms. The van der Waals surface area contributed by atoms with Crippen LogP contribution >= 0.6 is 0 Å².